The first-order chi connectivity index (χ1) is 8.07. The molecule has 0 unspecified atom stereocenters. The molecule has 1 aliphatic heterocycles. The van der Waals surface area contributed by atoms with Crippen molar-refractivity contribution in [3.63, 3.8) is 0 Å². The molecule has 0 spiro atoms. The van der Waals surface area contributed by atoms with Crippen LogP contribution < -0.4 is 0 Å². The zero-order valence-corrected chi connectivity index (χ0v) is 10.2. The van der Waals surface area contributed by atoms with E-state index in [9.17, 15) is 5.11 Å². The minimum atomic E-state index is -0.868. The Morgan fingerprint density at radius 1 is 1.41 bits per heavy atom. The first kappa shape index (κ1) is 11.2. The highest BCUT2D eigenvalue weighted by molar-refractivity contribution is 5.06. The number of aliphatic hydroxyl groups is 1. The fourth-order valence-electron chi connectivity index (χ4n) is 2.51. The largest absolute Gasteiger partial charge is 0.387 e. The van der Waals surface area contributed by atoms with E-state index in [1.165, 1.54) is 0 Å². The quantitative estimate of drug-likeness (QED) is 0.862. The Labute approximate surface area is 100 Å². The molecule has 0 bridgehead atoms. The lowest BCUT2D eigenvalue weighted by Crippen LogP contribution is -2.38. The molecule has 2 aliphatic rings. The zero-order chi connectivity index (χ0) is 12.0. The molecule has 5 heteroatoms. The molecule has 1 aromatic rings. The van der Waals surface area contributed by atoms with Gasteiger partial charge < -0.3 is 14.4 Å². The standard InChI is InChI=1S/C12H18N2O3/c1-7-5-12(15,8(2)16-7)6-10-13-11(14-17-10)9-3-4-9/h7-9,15H,3-6H2,1-2H3/t7-,8+,12-/m1/s1. The van der Waals surface area contributed by atoms with E-state index in [4.69, 9.17) is 9.26 Å². The van der Waals surface area contributed by atoms with Crippen molar-refractivity contribution in [2.24, 2.45) is 0 Å². The Kier molecular flexibility index (Phi) is 2.48. The predicted molar refractivity (Wildman–Crippen MR) is 59.6 cm³/mol. The summed E-state index contributed by atoms with van der Waals surface area (Å²) in [4.78, 5) is 4.35. The van der Waals surface area contributed by atoms with E-state index in [0.29, 0.717) is 24.7 Å². The van der Waals surface area contributed by atoms with E-state index in [1.807, 2.05) is 13.8 Å². The molecule has 2 heterocycles. The van der Waals surface area contributed by atoms with E-state index < -0.39 is 5.60 Å². The second-order valence-corrected chi connectivity index (χ2v) is 5.39. The maximum atomic E-state index is 10.5. The molecule has 3 rings (SSSR count). The van der Waals surface area contributed by atoms with Crippen molar-refractivity contribution >= 4 is 0 Å². The van der Waals surface area contributed by atoms with Gasteiger partial charge in [0, 0.05) is 12.3 Å². The van der Waals surface area contributed by atoms with Gasteiger partial charge in [0.1, 0.15) is 5.60 Å². The second-order valence-electron chi connectivity index (χ2n) is 5.39. The number of ether oxygens (including phenoxy) is 1. The molecule has 1 aliphatic carbocycles. The summed E-state index contributed by atoms with van der Waals surface area (Å²) in [6.07, 6.45) is 3.21. The smallest absolute Gasteiger partial charge is 0.229 e. The van der Waals surface area contributed by atoms with Crippen LogP contribution in [0.2, 0.25) is 0 Å². The number of aromatic nitrogens is 2. The summed E-state index contributed by atoms with van der Waals surface area (Å²) >= 11 is 0. The van der Waals surface area contributed by atoms with Crippen LogP contribution in [0, 0.1) is 0 Å². The van der Waals surface area contributed by atoms with Gasteiger partial charge in [-0.25, -0.2) is 0 Å². The Bertz CT molecular complexity index is 416. The minimum absolute atomic E-state index is 0.0841. The van der Waals surface area contributed by atoms with E-state index in [2.05, 4.69) is 10.1 Å². The Morgan fingerprint density at radius 3 is 2.76 bits per heavy atom. The summed E-state index contributed by atoms with van der Waals surface area (Å²) in [6.45, 7) is 3.86. The van der Waals surface area contributed by atoms with Gasteiger partial charge in [-0.1, -0.05) is 5.16 Å². The van der Waals surface area contributed by atoms with Crippen LogP contribution in [-0.2, 0) is 11.2 Å². The van der Waals surface area contributed by atoms with Crippen molar-refractivity contribution in [3.05, 3.63) is 11.7 Å². The zero-order valence-electron chi connectivity index (χ0n) is 10.2. The lowest BCUT2D eigenvalue weighted by atomic mass is 9.91. The van der Waals surface area contributed by atoms with Crippen molar-refractivity contribution in [2.75, 3.05) is 0 Å². The van der Waals surface area contributed by atoms with E-state index in [1.54, 1.807) is 0 Å². The van der Waals surface area contributed by atoms with Gasteiger partial charge in [-0.15, -0.1) is 0 Å². The van der Waals surface area contributed by atoms with Crippen LogP contribution in [0.5, 0.6) is 0 Å². The molecular weight excluding hydrogens is 220 g/mol. The molecule has 17 heavy (non-hydrogen) atoms. The van der Waals surface area contributed by atoms with Crippen LogP contribution in [0.1, 0.15) is 50.7 Å². The molecule has 3 atom stereocenters. The third kappa shape index (κ3) is 2.09. The van der Waals surface area contributed by atoms with Gasteiger partial charge in [-0.3, -0.25) is 0 Å². The Balaban J connectivity index is 1.72. The maximum Gasteiger partial charge on any atom is 0.229 e. The molecule has 94 valence electrons. The van der Waals surface area contributed by atoms with Gasteiger partial charge in [0.15, 0.2) is 5.82 Å². The lowest BCUT2D eigenvalue weighted by Gasteiger charge is -2.23. The van der Waals surface area contributed by atoms with Crippen LogP contribution in [-0.4, -0.2) is 33.1 Å². The van der Waals surface area contributed by atoms with Crippen molar-refractivity contribution in [1.82, 2.24) is 10.1 Å². The first-order valence-electron chi connectivity index (χ1n) is 6.27. The summed E-state index contributed by atoms with van der Waals surface area (Å²) in [5.74, 6) is 1.81. The van der Waals surface area contributed by atoms with Crippen LogP contribution in [0.3, 0.4) is 0 Å². The molecule has 1 saturated carbocycles. The van der Waals surface area contributed by atoms with Gasteiger partial charge in [-0.2, -0.15) is 4.98 Å². The Hall–Kier alpha value is -0.940. The number of hydrogen-bond donors (Lipinski definition) is 1. The lowest BCUT2D eigenvalue weighted by molar-refractivity contribution is -0.0385. The maximum absolute atomic E-state index is 10.5. The van der Waals surface area contributed by atoms with Gasteiger partial charge in [0.25, 0.3) is 0 Å². The van der Waals surface area contributed by atoms with Gasteiger partial charge in [0.05, 0.1) is 18.6 Å². The number of nitrogens with zero attached hydrogens (tertiary/aromatic N) is 2. The van der Waals surface area contributed by atoms with Gasteiger partial charge >= 0.3 is 0 Å². The molecule has 1 aromatic heterocycles. The fourth-order valence-corrected chi connectivity index (χ4v) is 2.51. The summed E-state index contributed by atoms with van der Waals surface area (Å²) < 4.78 is 10.8. The van der Waals surface area contributed by atoms with Crippen molar-refractivity contribution in [2.45, 2.75) is 63.3 Å². The highest BCUT2D eigenvalue weighted by atomic mass is 16.5. The van der Waals surface area contributed by atoms with Gasteiger partial charge in [0.2, 0.25) is 5.89 Å². The van der Waals surface area contributed by atoms with Crippen LogP contribution in [0.4, 0.5) is 0 Å². The number of hydrogen-bond acceptors (Lipinski definition) is 5. The van der Waals surface area contributed by atoms with Crippen molar-refractivity contribution in [3.8, 4) is 0 Å². The summed E-state index contributed by atoms with van der Waals surface area (Å²) in [6, 6.07) is 0. The third-order valence-electron chi connectivity index (χ3n) is 3.72. The average molecular weight is 238 g/mol. The van der Waals surface area contributed by atoms with Crippen LogP contribution >= 0.6 is 0 Å². The normalized spacial score (nSPS) is 37.6. The fraction of sp³-hybridized carbons (Fsp3) is 0.833. The second kappa shape index (κ2) is 3.78. The monoisotopic (exact) mass is 238 g/mol. The molecule has 1 N–H and O–H groups in total. The summed E-state index contributed by atoms with van der Waals surface area (Å²) in [5.41, 5.74) is -0.868. The van der Waals surface area contributed by atoms with Crippen LogP contribution in [0.25, 0.3) is 0 Å². The predicted octanol–water partition coefficient (Wildman–Crippen LogP) is 1.42. The molecule has 2 fully saturated rings. The topological polar surface area (TPSA) is 68.4 Å². The van der Waals surface area contributed by atoms with Crippen molar-refractivity contribution < 1.29 is 14.4 Å². The summed E-state index contributed by atoms with van der Waals surface area (Å²) in [5, 5.41) is 14.5. The van der Waals surface area contributed by atoms with E-state index in [-0.39, 0.29) is 12.2 Å². The van der Waals surface area contributed by atoms with Gasteiger partial charge in [-0.05, 0) is 26.7 Å². The SMILES string of the molecule is C[C@@H]1C[C@@](O)(Cc2nc(C3CC3)no2)[C@H](C)O1. The third-order valence-corrected chi connectivity index (χ3v) is 3.72. The molecule has 5 nitrogen and oxygen atoms in total. The first-order valence-corrected chi connectivity index (χ1v) is 6.27. The number of rotatable bonds is 3. The van der Waals surface area contributed by atoms with Crippen LogP contribution in [0.15, 0.2) is 4.52 Å². The highest BCUT2D eigenvalue weighted by Gasteiger charge is 2.44. The molecular formula is C12H18N2O3. The molecule has 0 radical (unpaired) electrons. The average Bonchev–Trinajstić information content (AvgIpc) is 2.94. The molecule has 0 aromatic carbocycles. The Morgan fingerprint density at radius 2 is 2.18 bits per heavy atom. The highest BCUT2D eigenvalue weighted by Crippen LogP contribution is 2.39. The molecule has 1 saturated heterocycles. The van der Waals surface area contributed by atoms with E-state index >= 15 is 0 Å². The van der Waals surface area contributed by atoms with E-state index in [0.717, 1.165) is 18.7 Å². The van der Waals surface area contributed by atoms with Crippen molar-refractivity contribution in [1.29, 1.82) is 0 Å². The molecule has 0 amide bonds. The summed E-state index contributed by atoms with van der Waals surface area (Å²) in [7, 11) is 0. The minimum Gasteiger partial charge on any atom is -0.387 e.